The van der Waals surface area contributed by atoms with Crippen molar-refractivity contribution < 1.29 is 19.8 Å². The molecule has 0 aromatic carbocycles. The Morgan fingerprint density at radius 3 is 2.75 bits per heavy atom. The molecule has 64 valence electrons. The molecule has 0 aromatic heterocycles. The van der Waals surface area contributed by atoms with Crippen LogP contribution in [-0.2, 0) is 9.59 Å². The first-order chi connectivity index (χ1) is 5.61. The predicted molar refractivity (Wildman–Crippen MR) is 37.0 cm³/mol. The number of aliphatic carboxylic acids is 1. The number of nitrogens with zero attached hydrogens (tertiary/aromatic N) is 1. The molecular formula is C7H7NO4. The molecule has 0 aromatic rings. The zero-order valence-corrected chi connectivity index (χ0v) is 6.10. The quantitative estimate of drug-likeness (QED) is 0.490. The minimum atomic E-state index is -1.16. The molecule has 1 fully saturated rings. The van der Waals surface area contributed by atoms with Crippen LogP contribution in [0.25, 0.3) is 0 Å². The van der Waals surface area contributed by atoms with Gasteiger partial charge in [-0.1, -0.05) is 0 Å². The fraction of sp³-hybridized carbons (Fsp3) is 0.429. The van der Waals surface area contributed by atoms with Crippen LogP contribution in [0.15, 0.2) is 11.8 Å². The van der Waals surface area contributed by atoms with Crippen LogP contribution in [0.2, 0.25) is 0 Å². The van der Waals surface area contributed by atoms with Crippen LogP contribution in [0.4, 0.5) is 0 Å². The summed E-state index contributed by atoms with van der Waals surface area (Å²) in [6.07, 6.45) is 0.639. The molecule has 5 heteroatoms. The van der Waals surface area contributed by atoms with Gasteiger partial charge < -0.3 is 10.2 Å². The summed E-state index contributed by atoms with van der Waals surface area (Å²) in [4.78, 5) is 22.5. The lowest BCUT2D eigenvalue weighted by Crippen LogP contribution is -2.53. The molecule has 0 saturated carbocycles. The lowest BCUT2D eigenvalue weighted by Gasteiger charge is -2.36. The molecule has 1 saturated heterocycles. The van der Waals surface area contributed by atoms with Crippen LogP contribution >= 0.6 is 0 Å². The van der Waals surface area contributed by atoms with E-state index in [-0.39, 0.29) is 24.1 Å². The van der Waals surface area contributed by atoms with Gasteiger partial charge in [-0.05, 0) is 6.08 Å². The Morgan fingerprint density at radius 2 is 2.33 bits per heavy atom. The number of aliphatic hydroxyl groups is 1. The van der Waals surface area contributed by atoms with Crippen LogP contribution in [0.5, 0.6) is 0 Å². The molecule has 5 nitrogen and oxygen atoms in total. The first-order valence-electron chi connectivity index (χ1n) is 3.56. The van der Waals surface area contributed by atoms with Gasteiger partial charge in [0.05, 0.1) is 18.6 Å². The van der Waals surface area contributed by atoms with Crippen molar-refractivity contribution >= 4 is 11.9 Å². The van der Waals surface area contributed by atoms with Crippen LogP contribution < -0.4 is 0 Å². The van der Waals surface area contributed by atoms with E-state index in [1.165, 1.54) is 6.08 Å². The molecule has 1 unspecified atom stereocenters. The highest BCUT2D eigenvalue weighted by molar-refractivity contribution is 5.97. The van der Waals surface area contributed by atoms with Crippen LogP contribution in [0, 0.1) is 0 Å². The minimum absolute atomic E-state index is 0.0937. The SMILES string of the molecule is O=C(O)C1=CC(O)[C@@H]2CC(=O)N12. The maximum absolute atomic E-state index is 10.9. The van der Waals surface area contributed by atoms with E-state index in [1.54, 1.807) is 0 Å². The lowest BCUT2D eigenvalue weighted by molar-refractivity contribution is -0.149. The number of amides is 1. The van der Waals surface area contributed by atoms with E-state index in [9.17, 15) is 14.7 Å². The maximum Gasteiger partial charge on any atom is 0.352 e. The molecule has 2 rings (SSSR count). The molecule has 0 bridgehead atoms. The van der Waals surface area contributed by atoms with Crippen LogP contribution in [-0.4, -0.2) is 39.1 Å². The van der Waals surface area contributed by atoms with Gasteiger partial charge >= 0.3 is 5.97 Å². The van der Waals surface area contributed by atoms with E-state index in [0.29, 0.717) is 0 Å². The van der Waals surface area contributed by atoms with Gasteiger partial charge in [-0.2, -0.15) is 0 Å². The Labute approximate surface area is 67.9 Å². The van der Waals surface area contributed by atoms with Crippen molar-refractivity contribution in [2.24, 2.45) is 0 Å². The van der Waals surface area contributed by atoms with E-state index in [2.05, 4.69) is 0 Å². The van der Waals surface area contributed by atoms with Gasteiger partial charge in [0, 0.05) is 0 Å². The number of hydrogen-bond acceptors (Lipinski definition) is 3. The van der Waals surface area contributed by atoms with E-state index in [1.807, 2.05) is 0 Å². The van der Waals surface area contributed by atoms with Crippen molar-refractivity contribution in [2.75, 3.05) is 0 Å². The van der Waals surface area contributed by atoms with E-state index >= 15 is 0 Å². The highest BCUT2D eigenvalue weighted by Gasteiger charge is 2.48. The molecule has 12 heavy (non-hydrogen) atoms. The highest BCUT2D eigenvalue weighted by Crippen LogP contribution is 2.33. The predicted octanol–water partition coefficient (Wildman–Crippen LogP) is -1.07. The smallest absolute Gasteiger partial charge is 0.352 e. The zero-order valence-electron chi connectivity index (χ0n) is 6.10. The molecular weight excluding hydrogens is 162 g/mol. The molecule has 2 N–H and O–H groups in total. The van der Waals surface area contributed by atoms with Gasteiger partial charge in [-0.3, -0.25) is 9.69 Å². The average Bonchev–Trinajstić information content (AvgIpc) is 2.22. The van der Waals surface area contributed by atoms with Crippen molar-refractivity contribution in [1.82, 2.24) is 4.90 Å². The summed E-state index contributed by atoms with van der Waals surface area (Å²) in [6, 6.07) is -0.330. The molecule has 0 spiro atoms. The van der Waals surface area contributed by atoms with Crippen molar-refractivity contribution in [3.8, 4) is 0 Å². The van der Waals surface area contributed by atoms with Crippen molar-refractivity contribution in [3.63, 3.8) is 0 Å². The number of fused-ring (bicyclic) bond motifs is 1. The summed E-state index contributed by atoms with van der Waals surface area (Å²) in [7, 11) is 0. The number of carbonyl (C=O) groups excluding carboxylic acids is 1. The van der Waals surface area contributed by atoms with Crippen molar-refractivity contribution in [2.45, 2.75) is 18.6 Å². The van der Waals surface area contributed by atoms with Gasteiger partial charge in [-0.25, -0.2) is 4.79 Å². The second-order valence-electron chi connectivity index (χ2n) is 2.88. The Bertz CT molecular complexity index is 296. The molecule has 0 radical (unpaired) electrons. The Balaban J connectivity index is 2.29. The molecule has 1 amide bonds. The highest BCUT2D eigenvalue weighted by atomic mass is 16.4. The number of carboxylic acid groups (broad SMARTS) is 1. The Morgan fingerprint density at radius 1 is 1.67 bits per heavy atom. The first-order valence-corrected chi connectivity index (χ1v) is 3.56. The second-order valence-corrected chi connectivity index (χ2v) is 2.88. The second kappa shape index (κ2) is 2.07. The lowest BCUT2D eigenvalue weighted by atomic mass is 10.0. The minimum Gasteiger partial charge on any atom is -0.477 e. The number of β-lactam (4-membered cyclic amide) rings is 1. The summed E-state index contributed by atoms with van der Waals surface area (Å²) >= 11 is 0. The summed E-state index contributed by atoms with van der Waals surface area (Å²) in [6.45, 7) is 0. The summed E-state index contributed by atoms with van der Waals surface area (Å²) in [5.74, 6) is -1.39. The number of carboxylic acids is 1. The van der Waals surface area contributed by atoms with Crippen LogP contribution in [0.1, 0.15) is 6.42 Å². The van der Waals surface area contributed by atoms with Gasteiger partial charge in [0.15, 0.2) is 0 Å². The largest absolute Gasteiger partial charge is 0.477 e. The topological polar surface area (TPSA) is 77.8 Å². The number of hydrogen-bond donors (Lipinski definition) is 2. The number of carbonyl (C=O) groups is 2. The van der Waals surface area contributed by atoms with Gasteiger partial charge in [0.1, 0.15) is 5.70 Å². The molecule has 2 aliphatic heterocycles. The van der Waals surface area contributed by atoms with Crippen molar-refractivity contribution in [1.29, 1.82) is 0 Å². The Kier molecular flexibility index (Phi) is 1.26. The average molecular weight is 169 g/mol. The first kappa shape index (κ1) is 7.30. The zero-order chi connectivity index (χ0) is 8.88. The fourth-order valence-corrected chi connectivity index (χ4v) is 1.55. The van der Waals surface area contributed by atoms with Gasteiger partial charge in [0.25, 0.3) is 0 Å². The third kappa shape index (κ3) is 0.711. The standard InChI is InChI=1S/C7H7NO4/c9-5-1-4(7(11)12)8-3(5)2-6(8)10/h1,3,5,9H,2H2,(H,11,12)/t3-,5?/m0/s1. The Hall–Kier alpha value is -1.36. The van der Waals surface area contributed by atoms with E-state index in [0.717, 1.165) is 4.90 Å². The van der Waals surface area contributed by atoms with Crippen LogP contribution in [0.3, 0.4) is 0 Å². The molecule has 0 aliphatic carbocycles. The fourth-order valence-electron chi connectivity index (χ4n) is 1.55. The number of rotatable bonds is 1. The third-order valence-corrected chi connectivity index (χ3v) is 2.19. The summed E-state index contributed by atoms with van der Waals surface area (Å²) < 4.78 is 0. The van der Waals surface area contributed by atoms with Crippen molar-refractivity contribution in [3.05, 3.63) is 11.8 Å². The molecule has 2 heterocycles. The van der Waals surface area contributed by atoms with E-state index in [4.69, 9.17) is 5.11 Å². The van der Waals surface area contributed by atoms with E-state index < -0.39 is 12.1 Å². The molecule has 2 atom stereocenters. The third-order valence-electron chi connectivity index (χ3n) is 2.19. The summed E-state index contributed by atoms with van der Waals surface area (Å²) in [5, 5.41) is 17.8. The van der Waals surface area contributed by atoms with Gasteiger partial charge in [-0.15, -0.1) is 0 Å². The summed E-state index contributed by atoms with van der Waals surface area (Å²) in [5.41, 5.74) is -0.0937. The monoisotopic (exact) mass is 169 g/mol. The van der Waals surface area contributed by atoms with Gasteiger partial charge in [0.2, 0.25) is 5.91 Å². The maximum atomic E-state index is 10.9. The normalized spacial score (nSPS) is 32.6. The number of aliphatic hydroxyl groups excluding tert-OH is 1. The molecule has 2 aliphatic rings.